The molecule has 3 heteroatoms. The van der Waals surface area contributed by atoms with Gasteiger partial charge in [0.25, 0.3) is 0 Å². The van der Waals surface area contributed by atoms with Crippen molar-refractivity contribution >= 4 is 17.1 Å². The number of aryl methyl sites for hydroxylation is 1. The van der Waals surface area contributed by atoms with Gasteiger partial charge in [-0.05, 0) is 25.0 Å². The molecule has 84 valence electrons. The fraction of sp³-hybridized carbons (Fsp3) is 0.583. The lowest BCUT2D eigenvalue weighted by Crippen LogP contribution is -2.33. The maximum atomic E-state index is 11.6. The van der Waals surface area contributed by atoms with Crippen LogP contribution in [-0.4, -0.2) is 11.8 Å². The molecule has 1 unspecified atom stereocenters. The molecule has 0 aliphatic rings. The fourth-order valence-electron chi connectivity index (χ4n) is 1.48. The lowest BCUT2D eigenvalue weighted by Gasteiger charge is -2.10. The SMILES string of the molecule is Cc1ccc(CC(N)C(=O)CC(C)C)s1. The molecule has 0 spiro atoms. The molecule has 15 heavy (non-hydrogen) atoms. The summed E-state index contributed by atoms with van der Waals surface area (Å²) in [7, 11) is 0. The molecule has 0 amide bonds. The molecule has 0 radical (unpaired) electrons. The highest BCUT2D eigenvalue weighted by Gasteiger charge is 2.15. The van der Waals surface area contributed by atoms with Crippen LogP contribution in [0.1, 0.15) is 30.0 Å². The lowest BCUT2D eigenvalue weighted by atomic mass is 10.00. The topological polar surface area (TPSA) is 43.1 Å². The van der Waals surface area contributed by atoms with E-state index in [1.54, 1.807) is 11.3 Å². The summed E-state index contributed by atoms with van der Waals surface area (Å²) in [5.41, 5.74) is 5.86. The van der Waals surface area contributed by atoms with Crippen molar-refractivity contribution in [2.45, 2.75) is 39.7 Å². The average Bonchev–Trinajstić information content (AvgIpc) is 2.50. The Bertz CT molecular complexity index is 330. The van der Waals surface area contributed by atoms with Crippen LogP contribution in [-0.2, 0) is 11.2 Å². The third-order valence-corrected chi connectivity index (χ3v) is 3.26. The van der Waals surface area contributed by atoms with Crippen LogP contribution in [0.4, 0.5) is 0 Å². The number of carbonyl (C=O) groups excluding carboxylic acids is 1. The average molecular weight is 225 g/mol. The smallest absolute Gasteiger partial charge is 0.150 e. The van der Waals surface area contributed by atoms with Gasteiger partial charge in [0.05, 0.1) is 6.04 Å². The number of hydrogen-bond acceptors (Lipinski definition) is 3. The molecule has 0 fully saturated rings. The fourth-order valence-corrected chi connectivity index (χ4v) is 2.43. The van der Waals surface area contributed by atoms with Crippen molar-refractivity contribution in [3.8, 4) is 0 Å². The Hall–Kier alpha value is -0.670. The van der Waals surface area contributed by atoms with Gasteiger partial charge in [-0.2, -0.15) is 0 Å². The Morgan fingerprint density at radius 1 is 1.47 bits per heavy atom. The lowest BCUT2D eigenvalue weighted by molar-refractivity contribution is -0.120. The Kier molecular flexibility index (Phi) is 4.48. The summed E-state index contributed by atoms with van der Waals surface area (Å²) in [5.74, 6) is 0.574. The molecular formula is C12H19NOS. The summed E-state index contributed by atoms with van der Waals surface area (Å²) in [4.78, 5) is 14.1. The van der Waals surface area contributed by atoms with E-state index in [2.05, 4.69) is 19.1 Å². The molecule has 1 aromatic rings. The van der Waals surface area contributed by atoms with E-state index < -0.39 is 0 Å². The summed E-state index contributed by atoms with van der Waals surface area (Å²) in [6.07, 6.45) is 1.27. The van der Waals surface area contributed by atoms with Crippen molar-refractivity contribution < 1.29 is 4.79 Å². The zero-order chi connectivity index (χ0) is 11.4. The summed E-state index contributed by atoms with van der Waals surface area (Å²) < 4.78 is 0. The van der Waals surface area contributed by atoms with E-state index in [9.17, 15) is 4.79 Å². The van der Waals surface area contributed by atoms with E-state index in [1.807, 2.05) is 13.8 Å². The molecule has 1 atom stereocenters. The van der Waals surface area contributed by atoms with Gasteiger partial charge >= 0.3 is 0 Å². The standard InChI is InChI=1S/C12H19NOS/c1-8(2)6-12(14)11(13)7-10-5-4-9(3)15-10/h4-5,8,11H,6-7,13H2,1-3H3. The molecule has 0 aromatic carbocycles. The number of rotatable bonds is 5. The number of carbonyl (C=O) groups is 1. The normalized spacial score (nSPS) is 13.1. The van der Waals surface area contributed by atoms with Crippen molar-refractivity contribution in [1.29, 1.82) is 0 Å². The van der Waals surface area contributed by atoms with Crippen LogP contribution >= 0.6 is 11.3 Å². The highest BCUT2D eigenvalue weighted by atomic mass is 32.1. The second-order valence-corrected chi connectivity index (χ2v) is 5.76. The summed E-state index contributed by atoms with van der Waals surface area (Å²) >= 11 is 1.72. The number of Topliss-reactive ketones (excluding diaryl/α,β-unsaturated/α-hetero) is 1. The number of ketones is 1. The molecule has 1 rings (SSSR count). The zero-order valence-corrected chi connectivity index (χ0v) is 10.4. The predicted octanol–water partition coefficient (Wildman–Crippen LogP) is 2.54. The number of nitrogens with two attached hydrogens (primary N) is 1. The second-order valence-electron chi connectivity index (χ2n) is 4.39. The van der Waals surface area contributed by atoms with E-state index >= 15 is 0 Å². The molecule has 0 saturated heterocycles. The molecule has 1 heterocycles. The molecule has 0 bridgehead atoms. The largest absolute Gasteiger partial charge is 0.321 e. The summed E-state index contributed by atoms with van der Waals surface area (Å²) in [5, 5.41) is 0. The first-order valence-electron chi connectivity index (χ1n) is 5.32. The monoisotopic (exact) mass is 225 g/mol. The van der Waals surface area contributed by atoms with Crippen molar-refractivity contribution in [2.75, 3.05) is 0 Å². The minimum absolute atomic E-state index is 0.177. The molecule has 0 saturated carbocycles. The van der Waals surface area contributed by atoms with Crippen molar-refractivity contribution in [3.63, 3.8) is 0 Å². The molecule has 0 aliphatic carbocycles. The third kappa shape index (κ3) is 4.14. The van der Waals surface area contributed by atoms with E-state index in [0.29, 0.717) is 18.8 Å². The summed E-state index contributed by atoms with van der Waals surface area (Å²) in [6, 6.07) is 3.80. The van der Waals surface area contributed by atoms with Crippen LogP contribution in [0.25, 0.3) is 0 Å². The van der Waals surface area contributed by atoms with Gasteiger partial charge in [-0.1, -0.05) is 13.8 Å². The first-order valence-corrected chi connectivity index (χ1v) is 6.14. The Labute approximate surface area is 95.5 Å². The van der Waals surface area contributed by atoms with Gasteiger partial charge in [0.1, 0.15) is 5.78 Å². The van der Waals surface area contributed by atoms with Gasteiger partial charge in [-0.3, -0.25) is 4.79 Å². The van der Waals surface area contributed by atoms with Gasteiger partial charge < -0.3 is 5.73 Å². The quantitative estimate of drug-likeness (QED) is 0.837. The van der Waals surface area contributed by atoms with E-state index in [0.717, 1.165) is 0 Å². The van der Waals surface area contributed by atoms with E-state index in [-0.39, 0.29) is 11.8 Å². The van der Waals surface area contributed by atoms with Crippen LogP contribution in [0, 0.1) is 12.8 Å². The van der Waals surface area contributed by atoms with Crippen LogP contribution in [0.5, 0.6) is 0 Å². The Balaban J connectivity index is 2.48. The molecular weight excluding hydrogens is 206 g/mol. The minimum Gasteiger partial charge on any atom is -0.321 e. The highest BCUT2D eigenvalue weighted by Crippen LogP contribution is 2.17. The van der Waals surface area contributed by atoms with Crippen LogP contribution in [0.15, 0.2) is 12.1 Å². The van der Waals surface area contributed by atoms with Gasteiger partial charge in [0.2, 0.25) is 0 Å². The van der Waals surface area contributed by atoms with E-state index in [1.165, 1.54) is 9.75 Å². The third-order valence-electron chi connectivity index (χ3n) is 2.24. The first kappa shape index (κ1) is 12.4. The van der Waals surface area contributed by atoms with Crippen molar-refractivity contribution in [1.82, 2.24) is 0 Å². The van der Waals surface area contributed by atoms with Gasteiger partial charge in [0, 0.05) is 22.6 Å². The van der Waals surface area contributed by atoms with Gasteiger partial charge in [0.15, 0.2) is 0 Å². The zero-order valence-electron chi connectivity index (χ0n) is 9.62. The predicted molar refractivity (Wildman–Crippen MR) is 65.2 cm³/mol. The molecule has 2 N–H and O–H groups in total. The summed E-state index contributed by atoms with van der Waals surface area (Å²) in [6.45, 7) is 6.15. The number of thiophene rings is 1. The Morgan fingerprint density at radius 2 is 2.13 bits per heavy atom. The van der Waals surface area contributed by atoms with Crippen LogP contribution in [0.2, 0.25) is 0 Å². The molecule has 0 aliphatic heterocycles. The molecule has 1 aromatic heterocycles. The maximum Gasteiger partial charge on any atom is 0.150 e. The Morgan fingerprint density at radius 3 is 2.60 bits per heavy atom. The van der Waals surface area contributed by atoms with Crippen molar-refractivity contribution in [3.05, 3.63) is 21.9 Å². The van der Waals surface area contributed by atoms with Gasteiger partial charge in [-0.15, -0.1) is 11.3 Å². The van der Waals surface area contributed by atoms with E-state index in [4.69, 9.17) is 5.73 Å². The van der Waals surface area contributed by atoms with Crippen LogP contribution in [0.3, 0.4) is 0 Å². The molecule has 2 nitrogen and oxygen atoms in total. The minimum atomic E-state index is -0.328. The van der Waals surface area contributed by atoms with Crippen molar-refractivity contribution in [2.24, 2.45) is 11.7 Å². The number of hydrogen-bond donors (Lipinski definition) is 1. The van der Waals surface area contributed by atoms with Gasteiger partial charge in [-0.25, -0.2) is 0 Å². The first-order chi connectivity index (χ1) is 6.99. The highest BCUT2D eigenvalue weighted by molar-refractivity contribution is 7.11. The van der Waals surface area contributed by atoms with Crippen LogP contribution < -0.4 is 5.73 Å². The maximum absolute atomic E-state index is 11.6. The second kappa shape index (κ2) is 5.42.